The third-order valence-corrected chi connectivity index (χ3v) is 4.26. The number of amides is 1. The molecule has 1 aliphatic carbocycles. The molecule has 1 heterocycles. The minimum Gasteiger partial charge on any atom is -0.311 e. The third-order valence-electron chi connectivity index (χ3n) is 4.26. The fourth-order valence-electron chi connectivity index (χ4n) is 2.88. The van der Waals surface area contributed by atoms with Crippen LogP contribution in [0.1, 0.15) is 24.8 Å². The number of carbonyl (C=O) groups is 1. The van der Waals surface area contributed by atoms with Crippen LogP contribution >= 0.6 is 0 Å². The molecule has 2 aliphatic rings. The summed E-state index contributed by atoms with van der Waals surface area (Å²) in [6.45, 7) is 1.81. The second-order valence-electron chi connectivity index (χ2n) is 5.84. The Morgan fingerprint density at radius 3 is 2.60 bits per heavy atom. The Labute approximate surface area is 119 Å². The van der Waals surface area contributed by atoms with Gasteiger partial charge in [-0.3, -0.25) is 9.69 Å². The molecular formula is C16H19N3O. The molecule has 0 aromatic heterocycles. The summed E-state index contributed by atoms with van der Waals surface area (Å²) in [5.74, 6) is 0.995. The van der Waals surface area contributed by atoms with Gasteiger partial charge in [-0.25, -0.2) is 0 Å². The molecular weight excluding hydrogens is 250 g/mol. The Morgan fingerprint density at radius 1 is 1.30 bits per heavy atom. The summed E-state index contributed by atoms with van der Waals surface area (Å²) in [5, 5.41) is 8.81. The van der Waals surface area contributed by atoms with Crippen molar-refractivity contribution in [3.05, 3.63) is 29.8 Å². The summed E-state index contributed by atoms with van der Waals surface area (Å²) in [7, 11) is 2.06. The van der Waals surface area contributed by atoms with E-state index in [9.17, 15) is 4.79 Å². The Bertz CT molecular complexity index is 542. The zero-order valence-electron chi connectivity index (χ0n) is 11.7. The second-order valence-corrected chi connectivity index (χ2v) is 5.84. The number of nitrogens with zero attached hydrogens (tertiary/aromatic N) is 3. The highest BCUT2D eigenvalue weighted by molar-refractivity contribution is 5.99. The molecule has 1 unspecified atom stereocenters. The van der Waals surface area contributed by atoms with E-state index >= 15 is 0 Å². The van der Waals surface area contributed by atoms with Crippen LogP contribution in [0.5, 0.6) is 0 Å². The zero-order chi connectivity index (χ0) is 14.1. The molecule has 104 valence electrons. The van der Waals surface area contributed by atoms with Crippen LogP contribution in [0.2, 0.25) is 0 Å². The molecule has 1 saturated carbocycles. The van der Waals surface area contributed by atoms with E-state index in [1.165, 1.54) is 12.8 Å². The van der Waals surface area contributed by atoms with Crippen LogP contribution in [0.3, 0.4) is 0 Å². The van der Waals surface area contributed by atoms with E-state index in [1.54, 1.807) is 12.1 Å². The fraction of sp³-hybridized carbons (Fsp3) is 0.500. The zero-order valence-corrected chi connectivity index (χ0v) is 11.7. The van der Waals surface area contributed by atoms with Gasteiger partial charge in [-0.05, 0) is 56.5 Å². The molecule has 4 nitrogen and oxygen atoms in total. The summed E-state index contributed by atoms with van der Waals surface area (Å²) >= 11 is 0. The summed E-state index contributed by atoms with van der Waals surface area (Å²) in [5.41, 5.74) is 1.53. The Morgan fingerprint density at radius 2 is 2.00 bits per heavy atom. The van der Waals surface area contributed by atoms with E-state index in [2.05, 4.69) is 18.0 Å². The predicted octanol–water partition coefficient (Wildman–Crippen LogP) is 2.01. The van der Waals surface area contributed by atoms with Gasteiger partial charge in [-0.2, -0.15) is 5.26 Å². The van der Waals surface area contributed by atoms with Crippen molar-refractivity contribution < 1.29 is 4.79 Å². The number of hydrogen-bond acceptors (Lipinski definition) is 3. The van der Waals surface area contributed by atoms with Crippen molar-refractivity contribution >= 4 is 11.6 Å². The number of likely N-dealkylation sites (N-methyl/N-ethyl adjacent to an activating group) is 1. The van der Waals surface area contributed by atoms with Gasteiger partial charge in [0.2, 0.25) is 5.91 Å². The highest BCUT2D eigenvalue weighted by atomic mass is 16.2. The summed E-state index contributed by atoms with van der Waals surface area (Å²) in [6, 6.07) is 9.38. The van der Waals surface area contributed by atoms with Crippen molar-refractivity contribution in [2.24, 2.45) is 5.92 Å². The van der Waals surface area contributed by atoms with Crippen molar-refractivity contribution in [1.29, 1.82) is 5.26 Å². The quantitative estimate of drug-likeness (QED) is 0.840. The smallest absolute Gasteiger partial charge is 0.244 e. The molecule has 1 aromatic rings. The first-order chi connectivity index (χ1) is 9.69. The molecule has 1 amide bonds. The number of rotatable bonds is 4. The van der Waals surface area contributed by atoms with Crippen molar-refractivity contribution in [3.63, 3.8) is 0 Å². The maximum Gasteiger partial charge on any atom is 0.244 e. The van der Waals surface area contributed by atoms with Gasteiger partial charge in [0.1, 0.15) is 0 Å². The minimum atomic E-state index is 0.0197. The van der Waals surface area contributed by atoms with E-state index in [4.69, 9.17) is 5.26 Å². The standard InChI is InChI=1S/C16H19N3O/c1-18(11-13-2-3-13)15-8-9-19(16(15)20)14-6-4-12(10-17)5-7-14/h4-7,13,15H,2-3,8-9,11H2,1H3. The third kappa shape index (κ3) is 2.54. The molecule has 3 rings (SSSR count). The maximum atomic E-state index is 12.5. The summed E-state index contributed by atoms with van der Waals surface area (Å²) < 4.78 is 0. The molecule has 0 bridgehead atoms. The highest BCUT2D eigenvalue weighted by Crippen LogP contribution is 2.31. The second kappa shape index (κ2) is 5.26. The first-order valence-corrected chi connectivity index (χ1v) is 7.21. The first kappa shape index (κ1) is 13.1. The normalized spacial score (nSPS) is 22.4. The van der Waals surface area contributed by atoms with Gasteiger partial charge in [0, 0.05) is 18.8 Å². The van der Waals surface area contributed by atoms with Crippen LogP contribution in [0.15, 0.2) is 24.3 Å². The van der Waals surface area contributed by atoms with Crippen molar-refractivity contribution in [2.45, 2.75) is 25.3 Å². The number of nitriles is 1. The van der Waals surface area contributed by atoms with Gasteiger partial charge >= 0.3 is 0 Å². The van der Waals surface area contributed by atoms with Crippen molar-refractivity contribution in [1.82, 2.24) is 4.90 Å². The number of anilines is 1. The van der Waals surface area contributed by atoms with Crippen LogP contribution in [-0.2, 0) is 4.79 Å². The Hall–Kier alpha value is -1.86. The maximum absolute atomic E-state index is 12.5. The van der Waals surface area contributed by atoms with E-state index in [0.29, 0.717) is 5.56 Å². The van der Waals surface area contributed by atoms with Gasteiger partial charge in [0.05, 0.1) is 17.7 Å². The van der Waals surface area contributed by atoms with Crippen LogP contribution in [0.25, 0.3) is 0 Å². The lowest BCUT2D eigenvalue weighted by Crippen LogP contribution is -2.40. The van der Waals surface area contributed by atoms with Gasteiger partial charge in [-0.15, -0.1) is 0 Å². The lowest BCUT2D eigenvalue weighted by molar-refractivity contribution is -0.121. The number of hydrogen-bond donors (Lipinski definition) is 0. The van der Waals surface area contributed by atoms with Crippen molar-refractivity contribution in [3.8, 4) is 6.07 Å². The predicted molar refractivity (Wildman–Crippen MR) is 77.3 cm³/mol. The van der Waals surface area contributed by atoms with E-state index in [-0.39, 0.29) is 11.9 Å². The van der Waals surface area contributed by atoms with Crippen molar-refractivity contribution in [2.75, 3.05) is 25.0 Å². The lowest BCUT2D eigenvalue weighted by Gasteiger charge is -2.23. The molecule has 1 saturated heterocycles. The molecule has 1 atom stereocenters. The highest BCUT2D eigenvalue weighted by Gasteiger charge is 2.37. The molecule has 2 fully saturated rings. The molecule has 1 aromatic carbocycles. The molecule has 0 radical (unpaired) electrons. The van der Waals surface area contributed by atoms with Gasteiger partial charge < -0.3 is 4.90 Å². The molecule has 1 aliphatic heterocycles. The topological polar surface area (TPSA) is 47.3 Å². The van der Waals surface area contributed by atoms with Gasteiger partial charge in [-0.1, -0.05) is 0 Å². The van der Waals surface area contributed by atoms with Gasteiger partial charge in [0.25, 0.3) is 0 Å². The lowest BCUT2D eigenvalue weighted by atomic mass is 10.2. The Balaban J connectivity index is 1.69. The monoisotopic (exact) mass is 269 g/mol. The average molecular weight is 269 g/mol. The van der Waals surface area contributed by atoms with E-state index < -0.39 is 0 Å². The SMILES string of the molecule is CN(CC1CC1)C1CCN(c2ccc(C#N)cc2)C1=O. The number of carbonyl (C=O) groups excluding carboxylic acids is 1. The minimum absolute atomic E-state index is 0.0197. The van der Waals surface area contributed by atoms with E-state index in [0.717, 1.165) is 31.1 Å². The van der Waals surface area contributed by atoms with Crippen LogP contribution in [0, 0.1) is 17.2 Å². The molecule has 4 heteroatoms. The molecule has 0 spiro atoms. The van der Waals surface area contributed by atoms with Crippen LogP contribution in [-0.4, -0.2) is 37.0 Å². The molecule has 0 N–H and O–H groups in total. The Kier molecular flexibility index (Phi) is 3.45. The van der Waals surface area contributed by atoms with Crippen LogP contribution in [0.4, 0.5) is 5.69 Å². The number of benzene rings is 1. The largest absolute Gasteiger partial charge is 0.311 e. The molecule has 20 heavy (non-hydrogen) atoms. The van der Waals surface area contributed by atoms with Crippen LogP contribution < -0.4 is 4.90 Å². The first-order valence-electron chi connectivity index (χ1n) is 7.21. The fourth-order valence-corrected chi connectivity index (χ4v) is 2.88. The summed E-state index contributed by atoms with van der Waals surface area (Å²) in [6.07, 6.45) is 3.51. The average Bonchev–Trinajstić information content (AvgIpc) is 3.19. The summed E-state index contributed by atoms with van der Waals surface area (Å²) in [4.78, 5) is 16.6. The van der Waals surface area contributed by atoms with E-state index in [1.807, 2.05) is 17.0 Å². The van der Waals surface area contributed by atoms with Gasteiger partial charge in [0.15, 0.2) is 0 Å².